The number of nitrogens with zero attached hydrogens (tertiary/aromatic N) is 2. The van der Waals surface area contributed by atoms with Crippen LogP contribution in [0.25, 0.3) is 0 Å². The van der Waals surface area contributed by atoms with Crippen molar-refractivity contribution in [1.29, 1.82) is 10.5 Å². The highest BCUT2D eigenvalue weighted by Gasteiger charge is 2.08. The number of rotatable bonds is 16. The molecule has 0 rings (SSSR count). The highest BCUT2D eigenvalue weighted by atomic mass is 16.5. The van der Waals surface area contributed by atoms with Crippen LogP contribution in [0.2, 0.25) is 0 Å². The molecule has 40 heavy (non-hydrogen) atoms. The average molecular weight is 559 g/mol. The molecule has 0 fully saturated rings. The van der Waals surface area contributed by atoms with Gasteiger partial charge in [0.05, 0.1) is 36.5 Å². The molecule has 0 aromatic carbocycles. The number of carbonyl (C=O) groups is 4. The van der Waals surface area contributed by atoms with E-state index in [2.05, 4.69) is 13.2 Å². The largest absolute Gasteiger partial charge is 0.478 e. The lowest BCUT2D eigenvalue weighted by molar-refractivity contribution is -0.134. The molecule has 0 aliphatic heterocycles. The van der Waals surface area contributed by atoms with Crippen molar-refractivity contribution in [3.63, 3.8) is 0 Å². The predicted molar refractivity (Wildman–Crippen MR) is 149 cm³/mol. The summed E-state index contributed by atoms with van der Waals surface area (Å²) in [7, 11) is 0. The van der Waals surface area contributed by atoms with Crippen molar-refractivity contribution in [2.24, 2.45) is 0 Å². The third-order valence-electron chi connectivity index (χ3n) is 4.64. The first kappa shape index (κ1) is 39.8. The molecule has 218 valence electrons. The Kier molecular flexibility index (Phi) is 25.7. The summed E-state index contributed by atoms with van der Waals surface area (Å²) in [5.74, 6) is -4.20. The molecule has 11 heteroatoms. The summed E-state index contributed by atoms with van der Waals surface area (Å²) in [5.41, 5.74) is 0.641. The number of carboxylic acid groups (broad SMARTS) is 4. The van der Waals surface area contributed by atoms with E-state index in [0.717, 1.165) is 19.3 Å². The van der Waals surface area contributed by atoms with E-state index in [1.807, 2.05) is 13.0 Å². The van der Waals surface area contributed by atoms with Gasteiger partial charge in [0.1, 0.15) is 0 Å². The van der Waals surface area contributed by atoms with Crippen LogP contribution in [0.1, 0.15) is 59.3 Å². The van der Waals surface area contributed by atoms with Gasteiger partial charge in [-0.2, -0.15) is 10.5 Å². The van der Waals surface area contributed by atoms with Crippen LogP contribution in [-0.4, -0.2) is 57.5 Å². The topological polar surface area (TPSA) is 206 Å². The average Bonchev–Trinajstić information content (AvgIpc) is 2.91. The van der Waals surface area contributed by atoms with E-state index in [4.69, 9.17) is 35.7 Å². The van der Waals surface area contributed by atoms with Gasteiger partial charge in [0, 0.05) is 29.2 Å². The number of ether oxygens (including phenoxy) is 1. The highest BCUT2D eigenvalue weighted by molar-refractivity contribution is 5.88. The molecule has 0 unspecified atom stereocenters. The van der Waals surface area contributed by atoms with E-state index in [0.29, 0.717) is 12.0 Å². The molecule has 0 bridgehead atoms. The number of nitriles is 2. The van der Waals surface area contributed by atoms with Gasteiger partial charge < -0.3 is 25.2 Å². The first-order valence-corrected chi connectivity index (χ1v) is 12.3. The first-order valence-electron chi connectivity index (χ1n) is 12.3. The number of aliphatic carboxylic acids is 4. The maximum Gasteiger partial charge on any atom is 0.333 e. The van der Waals surface area contributed by atoms with Crippen LogP contribution in [0.3, 0.4) is 0 Å². The predicted octanol–water partition coefficient (Wildman–Crippen LogP) is 5.21. The number of carboxylic acids is 4. The van der Waals surface area contributed by atoms with Gasteiger partial charge in [-0.25, -0.2) is 19.2 Å². The molecule has 0 aliphatic rings. The Bertz CT molecular complexity index is 1080. The summed E-state index contributed by atoms with van der Waals surface area (Å²) in [4.78, 5) is 42.8. The quantitative estimate of drug-likeness (QED) is 0.0836. The Morgan fingerprint density at radius 2 is 1.38 bits per heavy atom. The summed E-state index contributed by atoms with van der Waals surface area (Å²) in [6, 6.07) is 3.52. The van der Waals surface area contributed by atoms with Crippen LogP contribution in [0.5, 0.6) is 0 Å². The van der Waals surface area contributed by atoms with Gasteiger partial charge in [0.25, 0.3) is 0 Å². The Hall–Kier alpha value is -4.74. The van der Waals surface area contributed by atoms with Gasteiger partial charge in [0.15, 0.2) is 0 Å². The minimum absolute atomic E-state index is 0.0400. The summed E-state index contributed by atoms with van der Waals surface area (Å²) in [6.45, 7) is 11.9. The van der Waals surface area contributed by atoms with Crippen molar-refractivity contribution >= 4 is 23.9 Å². The van der Waals surface area contributed by atoms with Gasteiger partial charge in [-0.1, -0.05) is 58.9 Å². The molecular weight excluding hydrogens is 520 g/mol. The van der Waals surface area contributed by atoms with Crippen LogP contribution in [0, 0.1) is 22.7 Å². The van der Waals surface area contributed by atoms with Crippen LogP contribution in [0.4, 0.5) is 0 Å². The lowest BCUT2D eigenvalue weighted by Gasteiger charge is -2.05. The minimum Gasteiger partial charge on any atom is -0.478 e. The zero-order valence-corrected chi connectivity index (χ0v) is 23.2. The zero-order valence-electron chi connectivity index (χ0n) is 23.2. The Morgan fingerprint density at radius 1 is 0.850 bits per heavy atom. The highest BCUT2D eigenvalue weighted by Crippen LogP contribution is 2.09. The van der Waals surface area contributed by atoms with E-state index < -0.39 is 23.9 Å². The van der Waals surface area contributed by atoms with Crippen LogP contribution in [-0.2, 0) is 23.9 Å². The molecule has 0 spiro atoms. The number of allylic oxidation sites excluding steroid dienone is 6. The lowest BCUT2D eigenvalue weighted by atomic mass is 10.1. The summed E-state index contributed by atoms with van der Waals surface area (Å²) in [6.07, 6.45) is 10.3. The van der Waals surface area contributed by atoms with Gasteiger partial charge in [-0.3, -0.25) is 0 Å². The summed E-state index contributed by atoms with van der Waals surface area (Å²) in [5, 5.41) is 51.4. The SMILES string of the molecule is C=C(COCCC(=CCCCC)C(=O)O)C(=O)O.C=CC#N.CCC(=CC=C(C#N)C=C(CC)C(=O)O)C(=O)O. The number of hydrogen-bond donors (Lipinski definition) is 4. The summed E-state index contributed by atoms with van der Waals surface area (Å²) < 4.78 is 5.06. The standard InChI is InChI=1S/C13H15NO4.C13H20O5.C3H3N/c1-3-10(12(15)16)6-5-9(8-14)7-11(4-2)13(17)18;1-3-4-5-6-11(13(16)17)7-8-18-9-10(2)12(14)15;1-2-3-4/h5-7H,3-4H2,1-2H3,(H,15,16)(H,17,18);6H,2-5,7-9H2,1H3,(H,14,15)(H,16,17);2H,1H2. The van der Waals surface area contributed by atoms with Crippen molar-refractivity contribution in [2.75, 3.05) is 13.2 Å². The molecule has 0 amide bonds. The Balaban J connectivity index is -0.000000603. The van der Waals surface area contributed by atoms with E-state index in [1.54, 1.807) is 26.0 Å². The summed E-state index contributed by atoms with van der Waals surface area (Å²) >= 11 is 0. The van der Waals surface area contributed by atoms with E-state index in [1.165, 1.54) is 24.3 Å². The maximum absolute atomic E-state index is 10.9. The van der Waals surface area contributed by atoms with Crippen molar-refractivity contribution in [3.05, 3.63) is 71.4 Å². The van der Waals surface area contributed by atoms with Gasteiger partial charge in [0.2, 0.25) is 0 Å². The third-order valence-corrected chi connectivity index (χ3v) is 4.64. The van der Waals surface area contributed by atoms with E-state index in [-0.39, 0.29) is 48.3 Å². The maximum atomic E-state index is 10.9. The van der Waals surface area contributed by atoms with Crippen LogP contribution >= 0.6 is 0 Å². The first-order chi connectivity index (χ1) is 18.9. The normalized spacial score (nSPS) is 11.3. The zero-order chi connectivity index (χ0) is 31.5. The fourth-order valence-electron chi connectivity index (χ4n) is 2.37. The van der Waals surface area contributed by atoms with Crippen LogP contribution in [0.15, 0.2) is 71.4 Å². The second-order valence-corrected chi connectivity index (χ2v) is 7.63. The molecular formula is C29H38N2O9. The monoisotopic (exact) mass is 558 g/mol. The third kappa shape index (κ3) is 22.5. The van der Waals surface area contributed by atoms with Crippen molar-refractivity contribution in [1.82, 2.24) is 0 Å². The molecule has 11 nitrogen and oxygen atoms in total. The number of unbranched alkanes of at least 4 members (excludes halogenated alkanes) is 2. The minimum atomic E-state index is -1.10. The van der Waals surface area contributed by atoms with Crippen molar-refractivity contribution in [3.8, 4) is 12.1 Å². The second kappa shape index (κ2) is 25.9. The van der Waals surface area contributed by atoms with E-state index in [9.17, 15) is 19.2 Å². The second-order valence-electron chi connectivity index (χ2n) is 7.63. The molecule has 0 radical (unpaired) electrons. The lowest BCUT2D eigenvalue weighted by Crippen LogP contribution is -2.09. The van der Waals surface area contributed by atoms with Crippen molar-refractivity contribution in [2.45, 2.75) is 59.3 Å². The molecule has 0 saturated heterocycles. The smallest absolute Gasteiger partial charge is 0.333 e. The van der Waals surface area contributed by atoms with E-state index >= 15 is 0 Å². The van der Waals surface area contributed by atoms with Gasteiger partial charge >= 0.3 is 23.9 Å². The van der Waals surface area contributed by atoms with Gasteiger partial charge in [-0.05, 0) is 31.4 Å². The number of hydrogen-bond acceptors (Lipinski definition) is 7. The Labute approximate surface area is 235 Å². The molecule has 0 heterocycles. The Morgan fingerprint density at radius 3 is 1.75 bits per heavy atom. The van der Waals surface area contributed by atoms with Crippen molar-refractivity contribution < 1.29 is 44.3 Å². The van der Waals surface area contributed by atoms with Gasteiger partial charge in [-0.15, -0.1) is 0 Å². The molecule has 0 aromatic rings. The molecule has 0 saturated carbocycles. The van der Waals surface area contributed by atoms with Crippen LogP contribution < -0.4 is 0 Å². The fourth-order valence-corrected chi connectivity index (χ4v) is 2.37. The molecule has 0 aliphatic carbocycles. The molecule has 0 aromatic heterocycles. The fraction of sp³-hybridized carbons (Fsp3) is 0.379. The molecule has 0 atom stereocenters. The molecule has 4 N–H and O–H groups in total.